The zero-order chi connectivity index (χ0) is 28.4. The van der Waals surface area contributed by atoms with Crippen molar-refractivity contribution in [1.29, 1.82) is 0 Å². The summed E-state index contributed by atoms with van der Waals surface area (Å²) in [5.74, 6) is 7.13. The van der Waals surface area contributed by atoms with E-state index in [2.05, 4.69) is 24.1 Å². The molecule has 0 spiro atoms. The van der Waals surface area contributed by atoms with Crippen LogP contribution in [0.2, 0.25) is 0 Å². The number of hydrazine groups is 1. The molecule has 2 heterocycles. The molecule has 1 amide bonds. The van der Waals surface area contributed by atoms with Crippen LogP contribution in [0.15, 0.2) is 35.7 Å². The number of anilines is 1. The molecule has 0 bridgehead atoms. The Hall–Kier alpha value is -1.82. The smallest absolute Gasteiger partial charge is 0.271 e. The largest absolute Gasteiger partial charge is 0.393 e. The second kappa shape index (κ2) is 15.8. The molecule has 10 heteroatoms. The molecule has 2 saturated heterocycles. The first kappa shape index (κ1) is 31.7. The van der Waals surface area contributed by atoms with Crippen molar-refractivity contribution in [2.24, 2.45) is 23.4 Å². The number of piperidine rings is 1. The van der Waals surface area contributed by atoms with E-state index in [4.69, 9.17) is 33.7 Å². The number of morpholine rings is 1. The lowest BCUT2D eigenvalue weighted by atomic mass is 9.92. The maximum atomic E-state index is 14.2. The second-order valence-electron chi connectivity index (χ2n) is 11.2. The quantitative estimate of drug-likeness (QED) is 0.0956. The number of ether oxygens (including phenoxy) is 2. The highest BCUT2D eigenvalue weighted by molar-refractivity contribution is 7.80. The Morgan fingerprint density at radius 1 is 1.23 bits per heavy atom. The minimum atomic E-state index is -0.149. The van der Waals surface area contributed by atoms with Gasteiger partial charge in [0.15, 0.2) is 0 Å². The molecule has 2 fully saturated rings. The molecule has 0 radical (unpaired) electrons. The number of rotatable bonds is 13. The van der Waals surface area contributed by atoms with E-state index >= 15 is 0 Å². The third-order valence-electron chi connectivity index (χ3n) is 7.69. The number of hydrogen-bond donors (Lipinski definition) is 4. The van der Waals surface area contributed by atoms with Gasteiger partial charge < -0.3 is 25.4 Å². The first-order chi connectivity index (χ1) is 18.7. The predicted molar refractivity (Wildman–Crippen MR) is 161 cm³/mol. The Balaban J connectivity index is 1.86. The number of hydrogen-bond acceptors (Lipinski definition) is 9. The summed E-state index contributed by atoms with van der Waals surface area (Å²) < 4.78 is 10.8. The van der Waals surface area contributed by atoms with Crippen LogP contribution in [0.25, 0.3) is 0 Å². The maximum Gasteiger partial charge on any atom is 0.271 e. The molecular weight excluding hydrogens is 512 g/mol. The molecular formula is C29H50N6O3S. The number of methoxy groups -OCH3 is 1. The molecule has 9 nitrogen and oxygen atoms in total. The summed E-state index contributed by atoms with van der Waals surface area (Å²) in [4.78, 5) is 18.5. The molecule has 5 N–H and O–H groups in total. The third kappa shape index (κ3) is 8.83. The van der Waals surface area contributed by atoms with Crippen molar-refractivity contribution in [3.05, 3.63) is 41.2 Å². The number of thiol groups is 1. The molecule has 2 aliphatic heterocycles. The summed E-state index contributed by atoms with van der Waals surface area (Å²) in [5.41, 5.74) is 9.47. The van der Waals surface area contributed by atoms with Crippen molar-refractivity contribution < 1.29 is 14.3 Å². The highest BCUT2D eigenvalue weighted by Crippen LogP contribution is 2.28. The van der Waals surface area contributed by atoms with Gasteiger partial charge in [-0.05, 0) is 56.1 Å². The number of nitrogens with two attached hydrogens (primary N) is 2. The van der Waals surface area contributed by atoms with Gasteiger partial charge in [-0.15, -0.1) is 0 Å². The lowest BCUT2D eigenvalue weighted by Gasteiger charge is -2.43. The van der Waals surface area contributed by atoms with Crippen LogP contribution in [0, 0.1) is 18.8 Å². The van der Waals surface area contributed by atoms with E-state index in [-0.39, 0.29) is 23.0 Å². The molecule has 0 saturated carbocycles. The van der Waals surface area contributed by atoms with Crippen molar-refractivity contribution in [2.75, 3.05) is 64.7 Å². The molecule has 1 aromatic rings. The van der Waals surface area contributed by atoms with E-state index in [1.165, 1.54) is 0 Å². The summed E-state index contributed by atoms with van der Waals surface area (Å²) in [7, 11) is 1.70. The molecule has 0 aromatic heterocycles. The standard InChI is InChI=1S/C29H50N6O3S/c1-21(2)20-34(24-17-23(18-32-19-24)29(39)33-12-15-38-16-13-33)28(36)27(30)26(11-7-8-14-37-4)35(31)25-10-6-5-9-22(25)3/h5-6,9-10,21,23-24,29,32,39H,7-8,11-20,30-31H2,1-4H3/b27-26-/t23?,24-,29?/m0/s1. The van der Waals surface area contributed by atoms with Gasteiger partial charge in [0.25, 0.3) is 5.91 Å². The first-order valence-corrected chi connectivity index (χ1v) is 14.9. The molecule has 2 aliphatic rings. The minimum absolute atomic E-state index is 0.0207. The van der Waals surface area contributed by atoms with Gasteiger partial charge in [-0.2, -0.15) is 12.6 Å². The number of nitrogens with zero attached hydrogens (tertiary/aromatic N) is 3. The van der Waals surface area contributed by atoms with Crippen molar-refractivity contribution >= 4 is 24.2 Å². The molecule has 3 atom stereocenters. The fourth-order valence-electron chi connectivity index (χ4n) is 5.53. The van der Waals surface area contributed by atoms with Crippen LogP contribution < -0.4 is 21.9 Å². The SMILES string of the molecule is COCCCC/C(=C(/N)C(=O)N(CC(C)C)[C@@H]1CNCC(C(S)N2CCOCC2)C1)N(N)c1ccccc1C. The normalized spacial score (nSPS) is 21.9. The third-order valence-corrected chi connectivity index (χ3v) is 8.43. The number of nitrogens with one attached hydrogen (secondary N) is 1. The number of carbonyl (C=O) groups is 1. The van der Waals surface area contributed by atoms with Crippen LogP contribution in [-0.4, -0.2) is 86.8 Å². The van der Waals surface area contributed by atoms with Gasteiger partial charge in [0.1, 0.15) is 5.70 Å². The van der Waals surface area contributed by atoms with Crippen molar-refractivity contribution in [3.63, 3.8) is 0 Å². The summed E-state index contributed by atoms with van der Waals surface area (Å²) >= 11 is 5.01. The Morgan fingerprint density at radius 2 is 1.95 bits per heavy atom. The zero-order valence-corrected chi connectivity index (χ0v) is 25.2. The first-order valence-electron chi connectivity index (χ1n) is 14.3. The van der Waals surface area contributed by atoms with Crippen LogP contribution in [-0.2, 0) is 14.3 Å². The lowest BCUT2D eigenvalue weighted by Crippen LogP contribution is -2.57. The summed E-state index contributed by atoms with van der Waals surface area (Å²) in [5, 5.41) is 5.30. The van der Waals surface area contributed by atoms with Gasteiger partial charge in [-0.1, -0.05) is 32.0 Å². The van der Waals surface area contributed by atoms with Crippen molar-refractivity contribution in [2.45, 2.75) is 57.9 Å². The van der Waals surface area contributed by atoms with Gasteiger partial charge in [0.2, 0.25) is 0 Å². The number of para-hydroxylation sites is 1. The number of allylic oxidation sites excluding steroid dienone is 1. The van der Waals surface area contributed by atoms with E-state index in [1.54, 1.807) is 12.1 Å². The van der Waals surface area contributed by atoms with E-state index < -0.39 is 0 Å². The van der Waals surface area contributed by atoms with Gasteiger partial charge in [0.05, 0.1) is 30.0 Å². The van der Waals surface area contributed by atoms with Gasteiger partial charge in [-0.25, -0.2) is 5.84 Å². The van der Waals surface area contributed by atoms with Crippen LogP contribution in [0.3, 0.4) is 0 Å². The van der Waals surface area contributed by atoms with Crippen LogP contribution in [0.5, 0.6) is 0 Å². The molecule has 220 valence electrons. The highest BCUT2D eigenvalue weighted by Gasteiger charge is 2.36. The van der Waals surface area contributed by atoms with Gasteiger partial charge in [-0.3, -0.25) is 14.7 Å². The molecule has 39 heavy (non-hydrogen) atoms. The average Bonchev–Trinajstić information content (AvgIpc) is 2.95. The Bertz CT molecular complexity index is 939. The topological polar surface area (TPSA) is 109 Å². The summed E-state index contributed by atoms with van der Waals surface area (Å²) in [6.07, 6.45) is 3.13. The number of amides is 1. The van der Waals surface area contributed by atoms with E-state index in [1.807, 2.05) is 36.1 Å². The Morgan fingerprint density at radius 3 is 2.62 bits per heavy atom. The molecule has 2 unspecified atom stereocenters. The van der Waals surface area contributed by atoms with E-state index in [9.17, 15) is 4.79 Å². The van der Waals surface area contributed by atoms with Gasteiger partial charge in [0, 0.05) is 52.5 Å². The summed E-state index contributed by atoms with van der Waals surface area (Å²) in [6, 6.07) is 7.92. The van der Waals surface area contributed by atoms with Crippen molar-refractivity contribution in [3.8, 4) is 0 Å². The maximum absolute atomic E-state index is 14.2. The predicted octanol–water partition coefficient (Wildman–Crippen LogP) is 2.71. The van der Waals surface area contributed by atoms with Crippen molar-refractivity contribution in [1.82, 2.24) is 15.1 Å². The monoisotopic (exact) mass is 562 g/mol. The Kier molecular flexibility index (Phi) is 12.9. The van der Waals surface area contributed by atoms with E-state index in [0.29, 0.717) is 37.1 Å². The average molecular weight is 563 g/mol. The summed E-state index contributed by atoms with van der Waals surface area (Å²) in [6.45, 7) is 12.4. The zero-order valence-electron chi connectivity index (χ0n) is 24.3. The van der Waals surface area contributed by atoms with Gasteiger partial charge >= 0.3 is 0 Å². The molecule has 1 aromatic carbocycles. The molecule has 3 rings (SSSR count). The number of unbranched alkanes of at least 4 members (excludes halogenated alkanes) is 1. The second-order valence-corrected chi connectivity index (χ2v) is 11.7. The fraction of sp³-hybridized carbons (Fsp3) is 0.690. The Labute approximate surface area is 240 Å². The fourth-order valence-corrected chi connectivity index (χ4v) is 5.99. The highest BCUT2D eigenvalue weighted by atomic mass is 32.1. The van der Waals surface area contributed by atoms with E-state index in [0.717, 1.165) is 69.9 Å². The van der Waals surface area contributed by atoms with Crippen LogP contribution in [0.4, 0.5) is 5.69 Å². The minimum Gasteiger partial charge on any atom is -0.393 e. The number of benzene rings is 1. The lowest BCUT2D eigenvalue weighted by molar-refractivity contribution is -0.131. The number of aryl methyl sites for hydroxylation is 1. The molecule has 0 aliphatic carbocycles. The van der Waals surface area contributed by atoms with Crippen LogP contribution in [0.1, 0.15) is 45.1 Å². The van der Waals surface area contributed by atoms with Crippen LogP contribution >= 0.6 is 12.6 Å². The number of carbonyl (C=O) groups excluding carboxylic acids is 1.